The normalized spacial score (nSPS) is 12.7. The number of amides is 1. The first-order valence-electron chi connectivity index (χ1n) is 6.59. The standard InChI is InChI=1S/C14H12Cl2FN3O3S/c1-8(14(21)19-12-5-3-2-4-11(12)17)20-24(22,23)9-6-10(15)13(16)18-7-9/h2-8,20H,1H3,(H,19,21). The van der Waals surface area contributed by atoms with Gasteiger partial charge in [-0.3, -0.25) is 4.79 Å². The maximum Gasteiger partial charge on any atom is 0.242 e. The molecule has 1 aromatic heterocycles. The van der Waals surface area contributed by atoms with Gasteiger partial charge < -0.3 is 5.32 Å². The van der Waals surface area contributed by atoms with Gasteiger partial charge in [-0.15, -0.1) is 0 Å². The van der Waals surface area contributed by atoms with Crippen LogP contribution in [0.15, 0.2) is 41.4 Å². The van der Waals surface area contributed by atoms with Crippen LogP contribution >= 0.6 is 23.2 Å². The topological polar surface area (TPSA) is 88.2 Å². The van der Waals surface area contributed by atoms with Crippen molar-refractivity contribution in [2.45, 2.75) is 17.9 Å². The molecule has 10 heteroatoms. The fourth-order valence-electron chi connectivity index (χ4n) is 1.71. The minimum atomic E-state index is -4.06. The number of pyridine rings is 1. The molecule has 1 atom stereocenters. The second-order valence-electron chi connectivity index (χ2n) is 4.76. The zero-order valence-electron chi connectivity index (χ0n) is 12.3. The highest BCUT2D eigenvalue weighted by Crippen LogP contribution is 2.22. The molecule has 0 saturated carbocycles. The van der Waals surface area contributed by atoms with Crippen LogP contribution in [-0.2, 0) is 14.8 Å². The minimum Gasteiger partial charge on any atom is -0.322 e. The summed E-state index contributed by atoms with van der Waals surface area (Å²) in [4.78, 5) is 15.4. The smallest absolute Gasteiger partial charge is 0.242 e. The zero-order chi connectivity index (χ0) is 17.9. The summed E-state index contributed by atoms with van der Waals surface area (Å²) in [6, 6.07) is 5.48. The van der Waals surface area contributed by atoms with Crippen LogP contribution in [0.5, 0.6) is 0 Å². The van der Waals surface area contributed by atoms with Gasteiger partial charge in [-0.05, 0) is 25.1 Å². The number of halogens is 3. The lowest BCUT2D eigenvalue weighted by atomic mass is 10.2. The van der Waals surface area contributed by atoms with E-state index in [0.717, 1.165) is 12.3 Å². The van der Waals surface area contributed by atoms with E-state index in [4.69, 9.17) is 23.2 Å². The third-order valence-corrected chi connectivity index (χ3v) is 5.13. The third-order valence-electron chi connectivity index (χ3n) is 2.94. The molecule has 24 heavy (non-hydrogen) atoms. The summed E-state index contributed by atoms with van der Waals surface area (Å²) in [5, 5.41) is 2.22. The summed E-state index contributed by atoms with van der Waals surface area (Å²) in [5.41, 5.74) is -0.0512. The number of rotatable bonds is 5. The molecule has 128 valence electrons. The van der Waals surface area contributed by atoms with Gasteiger partial charge in [-0.1, -0.05) is 35.3 Å². The van der Waals surface area contributed by atoms with Gasteiger partial charge in [0.1, 0.15) is 15.9 Å². The summed E-state index contributed by atoms with van der Waals surface area (Å²) in [5.74, 6) is -1.36. The predicted molar refractivity (Wildman–Crippen MR) is 89.1 cm³/mol. The predicted octanol–water partition coefficient (Wildman–Crippen LogP) is 2.83. The molecule has 0 spiro atoms. The number of sulfonamides is 1. The molecule has 2 aromatic rings. The van der Waals surface area contributed by atoms with Crippen molar-refractivity contribution in [3.05, 3.63) is 52.5 Å². The van der Waals surface area contributed by atoms with Gasteiger partial charge in [-0.25, -0.2) is 17.8 Å². The van der Waals surface area contributed by atoms with Crippen LogP contribution in [0.4, 0.5) is 10.1 Å². The second kappa shape index (κ2) is 7.43. The number of carbonyl (C=O) groups is 1. The van der Waals surface area contributed by atoms with E-state index in [-0.39, 0.29) is 20.8 Å². The molecule has 2 N–H and O–H groups in total. The van der Waals surface area contributed by atoms with E-state index < -0.39 is 27.8 Å². The molecule has 2 rings (SSSR count). The molecular formula is C14H12Cl2FN3O3S. The summed E-state index contributed by atoms with van der Waals surface area (Å²) in [7, 11) is -4.06. The fraction of sp³-hybridized carbons (Fsp3) is 0.143. The Bertz CT molecular complexity index is 877. The lowest BCUT2D eigenvalue weighted by Gasteiger charge is -2.15. The Kier molecular flexibility index (Phi) is 5.76. The number of para-hydroxylation sites is 1. The summed E-state index contributed by atoms with van der Waals surface area (Å²) in [6.45, 7) is 1.32. The lowest BCUT2D eigenvalue weighted by Crippen LogP contribution is -2.41. The molecule has 0 aliphatic heterocycles. The number of aromatic nitrogens is 1. The van der Waals surface area contributed by atoms with E-state index in [1.54, 1.807) is 0 Å². The van der Waals surface area contributed by atoms with E-state index in [1.807, 2.05) is 0 Å². The number of anilines is 1. The molecule has 0 saturated heterocycles. The maximum atomic E-state index is 13.5. The molecule has 0 aliphatic carbocycles. The van der Waals surface area contributed by atoms with Crippen molar-refractivity contribution in [3.8, 4) is 0 Å². The van der Waals surface area contributed by atoms with Crippen LogP contribution in [0.1, 0.15) is 6.92 Å². The van der Waals surface area contributed by atoms with Gasteiger partial charge in [0.15, 0.2) is 0 Å². The van der Waals surface area contributed by atoms with Crippen molar-refractivity contribution in [2.24, 2.45) is 0 Å². The molecule has 0 radical (unpaired) electrons. The average molecular weight is 392 g/mol. The van der Waals surface area contributed by atoms with Gasteiger partial charge in [0, 0.05) is 6.20 Å². The zero-order valence-corrected chi connectivity index (χ0v) is 14.6. The Morgan fingerprint density at radius 3 is 2.58 bits per heavy atom. The summed E-state index contributed by atoms with van der Waals surface area (Å²) >= 11 is 11.4. The quantitative estimate of drug-likeness (QED) is 0.766. The van der Waals surface area contributed by atoms with Gasteiger partial charge in [-0.2, -0.15) is 4.72 Å². The van der Waals surface area contributed by atoms with Crippen LogP contribution in [-0.4, -0.2) is 25.4 Å². The molecule has 1 heterocycles. The molecule has 6 nitrogen and oxygen atoms in total. The van der Waals surface area contributed by atoms with Crippen LogP contribution < -0.4 is 10.0 Å². The highest BCUT2D eigenvalue weighted by Gasteiger charge is 2.23. The Morgan fingerprint density at radius 2 is 1.96 bits per heavy atom. The molecule has 1 aromatic carbocycles. The highest BCUT2D eigenvalue weighted by atomic mass is 35.5. The number of nitrogens with zero attached hydrogens (tertiary/aromatic N) is 1. The molecule has 0 aliphatic rings. The highest BCUT2D eigenvalue weighted by molar-refractivity contribution is 7.89. The molecule has 1 amide bonds. The molecular weight excluding hydrogens is 380 g/mol. The average Bonchev–Trinajstić information content (AvgIpc) is 2.51. The first-order valence-corrected chi connectivity index (χ1v) is 8.83. The van der Waals surface area contributed by atoms with Gasteiger partial charge in [0.05, 0.1) is 16.8 Å². The van der Waals surface area contributed by atoms with Crippen molar-refractivity contribution in [2.75, 3.05) is 5.32 Å². The number of nitrogens with one attached hydrogen (secondary N) is 2. The number of hydrogen-bond donors (Lipinski definition) is 2. The summed E-state index contributed by atoms with van der Waals surface area (Å²) in [6.07, 6.45) is 1.01. The van der Waals surface area contributed by atoms with Crippen LogP contribution in [0.25, 0.3) is 0 Å². The van der Waals surface area contributed by atoms with E-state index in [0.29, 0.717) is 0 Å². The second-order valence-corrected chi connectivity index (χ2v) is 7.23. The molecule has 0 bridgehead atoms. The van der Waals surface area contributed by atoms with Crippen LogP contribution in [0.3, 0.4) is 0 Å². The monoisotopic (exact) mass is 391 g/mol. The first-order chi connectivity index (χ1) is 11.2. The van der Waals surface area contributed by atoms with Crippen LogP contribution in [0, 0.1) is 5.82 Å². The van der Waals surface area contributed by atoms with E-state index in [9.17, 15) is 17.6 Å². The Labute approximate surface area is 148 Å². The molecule has 1 unspecified atom stereocenters. The number of hydrogen-bond acceptors (Lipinski definition) is 4. The Balaban J connectivity index is 2.12. The Hall–Kier alpha value is -1.74. The van der Waals surface area contributed by atoms with E-state index in [2.05, 4.69) is 15.0 Å². The lowest BCUT2D eigenvalue weighted by molar-refractivity contribution is -0.117. The van der Waals surface area contributed by atoms with Crippen LogP contribution in [0.2, 0.25) is 10.2 Å². The third kappa shape index (κ3) is 4.41. The van der Waals surface area contributed by atoms with Gasteiger partial charge in [0.25, 0.3) is 0 Å². The van der Waals surface area contributed by atoms with Gasteiger partial charge in [0.2, 0.25) is 15.9 Å². The van der Waals surface area contributed by atoms with Gasteiger partial charge >= 0.3 is 0 Å². The van der Waals surface area contributed by atoms with E-state index in [1.165, 1.54) is 31.2 Å². The van der Waals surface area contributed by atoms with Crippen molar-refractivity contribution in [1.29, 1.82) is 0 Å². The maximum absolute atomic E-state index is 13.5. The Morgan fingerprint density at radius 1 is 1.29 bits per heavy atom. The van der Waals surface area contributed by atoms with Crippen molar-refractivity contribution >= 4 is 44.8 Å². The fourth-order valence-corrected chi connectivity index (χ4v) is 3.22. The summed E-state index contributed by atoms with van der Waals surface area (Å²) < 4.78 is 40.1. The first kappa shape index (κ1) is 18.6. The number of carbonyl (C=O) groups excluding carboxylic acids is 1. The molecule has 0 fully saturated rings. The number of benzene rings is 1. The van der Waals surface area contributed by atoms with Crippen molar-refractivity contribution in [3.63, 3.8) is 0 Å². The minimum absolute atomic E-state index is 0.0389. The SMILES string of the molecule is CC(NS(=O)(=O)c1cnc(Cl)c(Cl)c1)C(=O)Nc1ccccc1F. The van der Waals surface area contributed by atoms with Crippen molar-refractivity contribution < 1.29 is 17.6 Å². The van der Waals surface area contributed by atoms with Crippen molar-refractivity contribution in [1.82, 2.24) is 9.71 Å². The largest absolute Gasteiger partial charge is 0.322 e. The van der Waals surface area contributed by atoms with E-state index >= 15 is 0 Å².